The number of hydrogen-bond acceptors (Lipinski definition) is 3. The molecule has 0 radical (unpaired) electrons. The Morgan fingerprint density at radius 2 is 1.25 bits per heavy atom. The lowest BCUT2D eigenvalue weighted by molar-refractivity contribution is 0.667. The van der Waals surface area contributed by atoms with Crippen LogP contribution in [0.4, 0.5) is 17.1 Å². The van der Waals surface area contributed by atoms with Crippen molar-refractivity contribution in [2.45, 2.75) is 34.8 Å². The second kappa shape index (κ2) is 14.5. The van der Waals surface area contributed by atoms with Gasteiger partial charge in [-0.1, -0.05) is 158 Å². The first-order chi connectivity index (χ1) is 29.8. The topological polar surface area (TPSA) is 16.4 Å². The molecule has 12 rings (SSSR count). The first-order valence-electron chi connectivity index (χ1n) is 21.1. The van der Waals surface area contributed by atoms with Gasteiger partial charge in [-0.15, -0.1) is 11.8 Å². The van der Waals surface area contributed by atoms with E-state index >= 15 is 0 Å². The largest absolute Gasteiger partial charge is 0.456 e. The average molecular weight is 788 g/mol. The van der Waals surface area contributed by atoms with Crippen molar-refractivity contribution in [2.24, 2.45) is 0 Å². The van der Waals surface area contributed by atoms with Crippen molar-refractivity contribution < 1.29 is 4.42 Å². The molecular formula is C57H41NOS. The van der Waals surface area contributed by atoms with E-state index in [1.165, 1.54) is 71.6 Å². The third kappa shape index (κ3) is 5.79. The highest BCUT2D eigenvalue weighted by molar-refractivity contribution is 8.00. The van der Waals surface area contributed by atoms with Crippen LogP contribution < -0.4 is 4.90 Å². The molecule has 2 heterocycles. The summed E-state index contributed by atoms with van der Waals surface area (Å²) < 4.78 is 6.78. The Labute approximate surface area is 355 Å². The monoisotopic (exact) mass is 787 g/mol. The Balaban J connectivity index is 1.14. The Hall–Kier alpha value is -6.81. The zero-order chi connectivity index (χ0) is 39.6. The van der Waals surface area contributed by atoms with E-state index in [1.807, 2.05) is 11.8 Å². The SMILES string of the molecule is C1=CC2Sc3cc(-c4c5c(cc6oc7ccccc7c46)CCC(c4ccccc4)c4c-5cccc4N(c4ccccc4)c4ccc(-c5ccccc5)cc4)ccc3C2C=C1. The van der Waals surface area contributed by atoms with E-state index in [-0.39, 0.29) is 5.92 Å². The molecule has 0 bridgehead atoms. The summed E-state index contributed by atoms with van der Waals surface area (Å²) in [4.78, 5) is 3.85. The van der Waals surface area contributed by atoms with E-state index < -0.39 is 0 Å². The highest BCUT2D eigenvalue weighted by Crippen LogP contribution is 2.55. The minimum Gasteiger partial charge on any atom is -0.456 e. The normalized spacial score (nSPS) is 17.5. The number of aryl methyl sites for hydroxylation is 1. The van der Waals surface area contributed by atoms with Crippen molar-refractivity contribution in [2.75, 3.05) is 4.90 Å². The van der Waals surface area contributed by atoms with E-state index in [1.54, 1.807) is 0 Å². The molecule has 0 fully saturated rings. The van der Waals surface area contributed by atoms with Crippen LogP contribution in [0.1, 0.15) is 40.5 Å². The second-order valence-corrected chi connectivity index (χ2v) is 17.4. The van der Waals surface area contributed by atoms with E-state index in [9.17, 15) is 0 Å². The quantitative estimate of drug-likeness (QED) is 0.167. The van der Waals surface area contributed by atoms with Gasteiger partial charge in [0.1, 0.15) is 11.2 Å². The van der Waals surface area contributed by atoms with Crippen LogP contribution in [0.25, 0.3) is 55.3 Å². The number of fused-ring (bicyclic) bond motifs is 9. The maximum atomic E-state index is 6.78. The minimum absolute atomic E-state index is 0.146. The number of anilines is 3. The van der Waals surface area contributed by atoms with Crippen LogP contribution in [-0.4, -0.2) is 5.25 Å². The minimum atomic E-state index is 0.146. The smallest absolute Gasteiger partial charge is 0.136 e. The van der Waals surface area contributed by atoms with E-state index in [0.29, 0.717) is 11.2 Å². The van der Waals surface area contributed by atoms with Gasteiger partial charge in [0.05, 0.1) is 5.69 Å². The van der Waals surface area contributed by atoms with Crippen molar-refractivity contribution in [1.82, 2.24) is 0 Å². The molecule has 286 valence electrons. The molecule has 8 aromatic carbocycles. The molecule has 0 spiro atoms. The Kier molecular flexibility index (Phi) is 8.48. The summed E-state index contributed by atoms with van der Waals surface area (Å²) in [6.45, 7) is 0. The summed E-state index contributed by atoms with van der Waals surface area (Å²) in [5, 5.41) is 2.78. The van der Waals surface area contributed by atoms with Crippen molar-refractivity contribution in [3.05, 3.63) is 229 Å². The van der Waals surface area contributed by atoms with Crippen molar-refractivity contribution in [3.8, 4) is 33.4 Å². The fraction of sp³-hybridized carbons (Fsp3) is 0.0877. The van der Waals surface area contributed by atoms with Crippen molar-refractivity contribution in [1.29, 1.82) is 0 Å². The summed E-state index contributed by atoms with van der Waals surface area (Å²) >= 11 is 2.00. The number of furan rings is 1. The molecule has 0 saturated carbocycles. The first-order valence-corrected chi connectivity index (χ1v) is 22.0. The lowest BCUT2D eigenvalue weighted by Crippen LogP contribution is -2.15. The van der Waals surface area contributed by atoms with Crippen LogP contribution in [0.2, 0.25) is 0 Å². The van der Waals surface area contributed by atoms with E-state index in [0.717, 1.165) is 40.8 Å². The standard InChI is InChI=1S/C57H41NOS/c1-4-15-37(16-5-1)38-27-31-43(32-28-38)58(42-19-8-3-9-20-42)49-24-14-23-48-54-40(29-33-44(56(48)49)39-17-6-2-7-18-39)35-51-57(47-22-10-12-25-50(47)59-51)55(54)41-30-34-46-45-21-11-13-26-52(45)60-53(46)36-41/h1-28,30-32,34-36,44-45,52H,29,33H2. The number of nitrogens with zero attached hydrogens (tertiary/aromatic N) is 1. The fourth-order valence-corrected chi connectivity index (χ4v) is 11.5. The third-order valence-electron chi connectivity index (χ3n) is 12.9. The predicted octanol–water partition coefficient (Wildman–Crippen LogP) is 15.8. The van der Waals surface area contributed by atoms with Crippen LogP contribution in [0.3, 0.4) is 0 Å². The maximum absolute atomic E-state index is 6.78. The Morgan fingerprint density at radius 1 is 0.550 bits per heavy atom. The summed E-state index contributed by atoms with van der Waals surface area (Å²) in [6.07, 6.45) is 11.0. The molecule has 60 heavy (non-hydrogen) atoms. The Bertz CT molecular complexity index is 3130. The van der Waals surface area contributed by atoms with E-state index in [4.69, 9.17) is 4.42 Å². The number of allylic oxidation sites excluding steroid dienone is 3. The first kappa shape index (κ1) is 35.2. The molecular weight excluding hydrogens is 747 g/mol. The number of benzene rings is 8. The predicted molar refractivity (Wildman–Crippen MR) is 252 cm³/mol. The average Bonchev–Trinajstić information content (AvgIpc) is 3.82. The van der Waals surface area contributed by atoms with Crippen LogP contribution >= 0.6 is 11.8 Å². The summed E-state index contributed by atoms with van der Waals surface area (Å²) in [6, 6.07) is 67.0. The summed E-state index contributed by atoms with van der Waals surface area (Å²) in [5.41, 5.74) is 18.3. The lowest BCUT2D eigenvalue weighted by Gasteiger charge is -2.32. The van der Waals surface area contributed by atoms with Gasteiger partial charge in [-0.25, -0.2) is 0 Å². The zero-order valence-electron chi connectivity index (χ0n) is 33.0. The van der Waals surface area contributed by atoms with Gasteiger partial charge >= 0.3 is 0 Å². The van der Waals surface area contributed by atoms with Crippen molar-refractivity contribution in [3.63, 3.8) is 0 Å². The second-order valence-electron chi connectivity index (χ2n) is 16.2. The highest BCUT2D eigenvalue weighted by Gasteiger charge is 2.34. The molecule has 0 N–H and O–H groups in total. The molecule has 3 aliphatic rings. The molecule has 0 saturated heterocycles. The van der Waals surface area contributed by atoms with Crippen LogP contribution in [0, 0.1) is 0 Å². The maximum Gasteiger partial charge on any atom is 0.136 e. The third-order valence-corrected chi connectivity index (χ3v) is 14.2. The van der Waals surface area contributed by atoms with Gasteiger partial charge in [0.25, 0.3) is 0 Å². The van der Waals surface area contributed by atoms with Crippen molar-refractivity contribution >= 4 is 50.8 Å². The molecule has 2 aliphatic carbocycles. The molecule has 3 atom stereocenters. The van der Waals surface area contributed by atoms with Crippen LogP contribution in [-0.2, 0) is 6.42 Å². The van der Waals surface area contributed by atoms with Gasteiger partial charge in [0, 0.05) is 49.7 Å². The molecule has 9 aromatic rings. The molecule has 3 unspecified atom stereocenters. The molecule has 1 aliphatic heterocycles. The number of rotatable bonds is 6. The van der Waals surface area contributed by atoms with Gasteiger partial charge in [0.2, 0.25) is 0 Å². The molecule has 3 heteroatoms. The van der Waals surface area contributed by atoms with Gasteiger partial charge in [-0.3, -0.25) is 0 Å². The number of thioether (sulfide) groups is 1. The van der Waals surface area contributed by atoms with E-state index in [2.05, 4.69) is 211 Å². The van der Waals surface area contributed by atoms with Gasteiger partial charge < -0.3 is 9.32 Å². The highest BCUT2D eigenvalue weighted by atomic mass is 32.2. The summed E-state index contributed by atoms with van der Waals surface area (Å²) in [7, 11) is 0. The lowest BCUT2D eigenvalue weighted by atomic mass is 9.82. The fourth-order valence-electron chi connectivity index (χ4n) is 10.2. The van der Waals surface area contributed by atoms with Gasteiger partial charge in [0.15, 0.2) is 0 Å². The summed E-state index contributed by atoms with van der Waals surface area (Å²) in [5.74, 6) is 0.556. The molecule has 2 nitrogen and oxygen atoms in total. The molecule has 0 amide bonds. The van der Waals surface area contributed by atoms with Crippen LogP contribution in [0.15, 0.2) is 216 Å². The molecule has 1 aromatic heterocycles. The van der Waals surface area contributed by atoms with Gasteiger partial charge in [-0.2, -0.15) is 0 Å². The number of para-hydroxylation sites is 2. The zero-order valence-corrected chi connectivity index (χ0v) is 33.9. The van der Waals surface area contributed by atoms with Crippen LogP contribution in [0.5, 0.6) is 0 Å². The van der Waals surface area contributed by atoms with Gasteiger partial charge in [-0.05, 0) is 111 Å². The Morgan fingerprint density at radius 3 is 2.08 bits per heavy atom. The number of hydrogen-bond donors (Lipinski definition) is 0.